The Labute approximate surface area is 254 Å². The lowest BCUT2D eigenvalue weighted by atomic mass is 9.88. The molecule has 0 N–H and O–H groups in total. The standard InChI is InChI=1S/C30H33Cl3IN3O/c1-19-28(27(34)30(38)36(23-8-4-2-5-9-23)24-10-6-3-7-11-24)35-37(26-17-16-22(32)18-25(26)33)29(19)20-12-14-21(31)15-13-20/h12-18,23-24,27H,2-11H2,1H3. The normalized spacial score (nSPS) is 17.9. The number of alkyl halides is 1. The molecule has 0 bridgehead atoms. The summed E-state index contributed by atoms with van der Waals surface area (Å²) in [6, 6.07) is 13.8. The Morgan fingerprint density at radius 2 is 1.45 bits per heavy atom. The van der Waals surface area contributed by atoms with Crippen molar-refractivity contribution in [3.05, 3.63) is 68.8 Å². The molecule has 0 saturated heterocycles. The van der Waals surface area contributed by atoms with Gasteiger partial charge in [0.15, 0.2) is 0 Å². The predicted octanol–water partition coefficient (Wildman–Crippen LogP) is 9.78. The molecule has 0 aliphatic heterocycles. The first-order valence-electron chi connectivity index (χ1n) is 13.6. The van der Waals surface area contributed by atoms with Gasteiger partial charge in [-0.3, -0.25) is 4.79 Å². The number of amides is 1. The highest BCUT2D eigenvalue weighted by molar-refractivity contribution is 14.1. The summed E-state index contributed by atoms with van der Waals surface area (Å²) in [5.41, 5.74) is 4.34. The first kappa shape index (κ1) is 28.3. The van der Waals surface area contributed by atoms with Crippen LogP contribution >= 0.6 is 57.4 Å². The number of carbonyl (C=O) groups excluding carboxylic acids is 1. The van der Waals surface area contributed by atoms with Crippen molar-refractivity contribution in [2.75, 3.05) is 0 Å². The van der Waals surface area contributed by atoms with E-state index in [2.05, 4.69) is 34.4 Å². The fourth-order valence-electron chi connectivity index (χ4n) is 6.15. The van der Waals surface area contributed by atoms with E-state index in [4.69, 9.17) is 39.9 Å². The highest BCUT2D eigenvalue weighted by Crippen LogP contribution is 2.40. The first-order valence-corrected chi connectivity index (χ1v) is 16.0. The van der Waals surface area contributed by atoms with Crippen LogP contribution in [-0.4, -0.2) is 32.7 Å². The van der Waals surface area contributed by atoms with Crippen LogP contribution in [0, 0.1) is 6.92 Å². The third-order valence-corrected chi connectivity index (χ3v) is 9.97. The van der Waals surface area contributed by atoms with Crippen molar-refractivity contribution in [1.29, 1.82) is 0 Å². The summed E-state index contributed by atoms with van der Waals surface area (Å²) in [5.74, 6) is 0.196. The molecule has 1 amide bonds. The number of carbonyl (C=O) groups is 1. The molecular formula is C30H33Cl3IN3O. The fraction of sp³-hybridized carbons (Fsp3) is 0.467. The highest BCUT2D eigenvalue weighted by Gasteiger charge is 2.37. The second-order valence-electron chi connectivity index (χ2n) is 10.6. The molecule has 5 rings (SSSR count). The zero-order chi connectivity index (χ0) is 26.8. The topological polar surface area (TPSA) is 38.1 Å². The second-order valence-corrected chi connectivity index (χ2v) is 13.1. The molecular weight excluding hydrogens is 652 g/mol. The third kappa shape index (κ3) is 5.91. The molecule has 2 aliphatic rings. The quantitative estimate of drug-likeness (QED) is 0.192. The maximum absolute atomic E-state index is 14.4. The van der Waals surface area contributed by atoms with Crippen molar-refractivity contribution in [3.8, 4) is 16.9 Å². The van der Waals surface area contributed by atoms with Crippen molar-refractivity contribution in [2.45, 2.75) is 87.1 Å². The van der Waals surface area contributed by atoms with E-state index >= 15 is 0 Å². The Morgan fingerprint density at radius 3 is 2.00 bits per heavy atom. The van der Waals surface area contributed by atoms with E-state index in [0.717, 1.165) is 53.9 Å². The average Bonchev–Trinajstić information content (AvgIpc) is 3.26. The van der Waals surface area contributed by atoms with Crippen LogP contribution in [-0.2, 0) is 4.79 Å². The molecule has 0 spiro atoms. The zero-order valence-corrected chi connectivity index (χ0v) is 26.0. The lowest BCUT2D eigenvalue weighted by Gasteiger charge is -2.42. The minimum absolute atomic E-state index is 0.196. The van der Waals surface area contributed by atoms with Gasteiger partial charge in [0.1, 0.15) is 3.92 Å². The van der Waals surface area contributed by atoms with Gasteiger partial charge in [0.25, 0.3) is 0 Å². The molecule has 2 fully saturated rings. The van der Waals surface area contributed by atoms with Crippen LogP contribution in [0.4, 0.5) is 0 Å². The van der Waals surface area contributed by atoms with Crippen molar-refractivity contribution < 1.29 is 4.79 Å². The second kappa shape index (κ2) is 12.5. The van der Waals surface area contributed by atoms with E-state index in [-0.39, 0.29) is 5.91 Å². The highest BCUT2D eigenvalue weighted by atomic mass is 127. The van der Waals surface area contributed by atoms with Gasteiger partial charge in [-0.15, -0.1) is 0 Å². The Balaban J connectivity index is 1.58. The Hall–Kier alpha value is -1.28. The Morgan fingerprint density at radius 1 is 0.895 bits per heavy atom. The van der Waals surface area contributed by atoms with Crippen LogP contribution in [0.25, 0.3) is 16.9 Å². The van der Waals surface area contributed by atoms with E-state index in [1.807, 2.05) is 41.1 Å². The van der Waals surface area contributed by atoms with Gasteiger partial charge in [-0.1, -0.05) is 108 Å². The summed E-state index contributed by atoms with van der Waals surface area (Å²) in [5, 5.41) is 6.80. The van der Waals surface area contributed by atoms with Crippen LogP contribution in [0.15, 0.2) is 42.5 Å². The lowest BCUT2D eigenvalue weighted by Crippen LogP contribution is -2.50. The zero-order valence-electron chi connectivity index (χ0n) is 21.6. The molecule has 1 heterocycles. The number of rotatable bonds is 6. The minimum Gasteiger partial charge on any atom is -0.335 e. The molecule has 1 unspecified atom stereocenters. The average molecular weight is 685 g/mol. The van der Waals surface area contributed by atoms with E-state index in [9.17, 15) is 4.79 Å². The number of nitrogens with zero attached hydrogens (tertiary/aromatic N) is 3. The van der Waals surface area contributed by atoms with Gasteiger partial charge < -0.3 is 4.90 Å². The molecule has 8 heteroatoms. The van der Waals surface area contributed by atoms with Crippen molar-refractivity contribution >= 4 is 63.3 Å². The van der Waals surface area contributed by atoms with Crippen molar-refractivity contribution in [1.82, 2.24) is 14.7 Å². The fourth-order valence-corrected chi connectivity index (χ4v) is 7.68. The summed E-state index contributed by atoms with van der Waals surface area (Å²) in [7, 11) is 0. The monoisotopic (exact) mass is 683 g/mol. The number of aromatic nitrogens is 2. The molecule has 0 radical (unpaired) electrons. The largest absolute Gasteiger partial charge is 0.335 e. The summed E-state index contributed by atoms with van der Waals surface area (Å²) in [4.78, 5) is 16.6. The van der Waals surface area contributed by atoms with E-state index in [1.54, 1.807) is 6.07 Å². The molecule has 2 saturated carbocycles. The lowest BCUT2D eigenvalue weighted by molar-refractivity contribution is -0.137. The van der Waals surface area contributed by atoms with Gasteiger partial charge >= 0.3 is 0 Å². The Bertz CT molecular complexity index is 1260. The number of halogens is 4. The van der Waals surface area contributed by atoms with Gasteiger partial charge in [-0.25, -0.2) is 4.68 Å². The van der Waals surface area contributed by atoms with Gasteiger partial charge in [0, 0.05) is 33.3 Å². The third-order valence-electron chi connectivity index (χ3n) is 8.06. The molecule has 38 heavy (non-hydrogen) atoms. The molecule has 1 aromatic heterocycles. The van der Waals surface area contributed by atoms with Crippen LogP contribution in [0.2, 0.25) is 15.1 Å². The first-order chi connectivity index (χ1) is 18.3. The van der Waals surface area contributed by atoms with Gasteiger partial charge in [-0.05, 0) is 62.9 Å². The van der Waals surface area contributed by atoms with E-state index in [1.165, 1.54) is 38.5 Å². The summed E-state index contributed by atoms with van der Waals surface area (Å²) in [6.07, 6.45) is 11.8. The van der Waals surface area contributed by atoms with E-state index < -0.39 is 3.92 Å². The molecule has 2 aromatic carbocycles. The maximum atomic E-state index is 14.4. The Kier molecular flexibility index (Phi) is 9.29. The molecule has 2 aliphatic carbocycles. The van der Waals surface area contributed by atoms with Crippen LogP contribution < -0.4 is 0 Å². The van der Waals surface area contributed by atoms with Crippen molar-refractivity contribution in [3.63, 3.8) is 0 Å². The summed E-state index contributed by atoms with van der Waals surface area (Å²) >= 11 is 21.4. The number of hydrogen-bond acceptors (Lipinski definition) is 2. The summed E-state index contributed by atoms with van der Waals surface area (Å²) in [6.45, 7) is 2.05. The number of benzene rings is 2. The maximum Gasteiger partial charge on any atom is 0.242 e. The molecule has 202 valence electrons. The molecule has 1 atom stereocenters. The summed E-state index contributed by atoms with van der Waals surface area (Å²) < 4.78 is 1.46. The van der Waals surface area contributed by atoms with Gasteiger partial charge in [0.05, 0.1) is 22.1 Å². The van der Waals surface area contributed by atoms with Gasteiger partial charge in [0.2, 0.25) is 5.91 Å². The molecule has 3 aromatic rings. The van der Waals surface area contributed by atoms with Gasteiger partial charge in [-0.2, -0.15) is 5.10 Å². The number of hydrogen-bond donors (Lipinski definition) is 0. The minimum atomic E-state index is -0.394. The smallest absolute Gasteiger partial charge is 0.242 e. The SMILES string of the molecule is Cc1c(C(I)C(=O)N(C2CCCCC2)C2CCCCC2)nn(-c2ccc(Cl)cc2Cl)c1-c1ccc(Cl)cc1. The van der Waals surface area contributed by atoms with Crippen LogP contribution in [0.1, 0.15) is 79.4 Å². The van der Waals surface area contributed by atoms with Crippen molar-refractivity contribution in [2.24, 2.45) is 0 Å². The van der Waals surface area contributed by atoms with Crippen LogP contribution in [0.5, 0.6) is 0 Å². The van der Waals surface area contributed by atoms with E-state index in [0.29, 0.717) is 27.2 Å². The molecule has 4 nitrogen and oxygen atoms in total. The van der Waals surface area contributed by atoms with Crippen LogP contribution in [0.3, 0.4) is 0 Å². The predicted molar refractivity (Wildman–Crippen MR) is 166 cm³/mol.